The Morgan fingerprint density at radius 3 is 2.67 bits per heavy atom. The van der Waals surface area contributed by atoms with Crippen molar-refractivity contribution >= 4 is 17.1 Å². The molecule has 1 aromatic carbocycles. The Kier molecular flexibility index (Phi) is 5.46. The van der Waals surface area contributed by atoms with Gasteiger partial charge in [0.1, 0.15) is 0 Å². The third-order valence-corrected chi connectivity index (χ3v) is 5.55. The monoisotopic (exact) mass is 406 g/mol. The molecule has 1 aliphatic heterocycles. The number of imidazole rings is 1. The van der Waals surface area contributed by atoms with Crippen molar-refractivity contribution < 1.29 is 0 Å². The third-order valence-electron chi connectivity index (χ3n) is 5.55. The van der Waals surface area contributed by atoms with Crippen LogP contribution in [0, 0.1) is 11.8 Å². The minimum absolute atomic E-state index is 0.0582. The average molecular weight is 406 g/mol. The predicted octanol–water partition coefficient (Wildman–Crippen LogP) is 0.896. The number of hydrogen-bond donors (Lipinski definition) is 1. The summed E-state index contributed by atoms with van der Waals surface area (Å²) >= 11 is 0. The zero-order valence-corrected chi connectivity index (χ0v) is 17.3. The summed E-state index contributed by atoms with van der Waals surface area (Å²) in [6, 6.07) is 9.54. The number of anilines is 1. The number of piperidine rings is 1. The van der Waals surface area contributed by atoms with E-state index in [0.29, 0.717) is 30.2 Å². The number of aromatic nitrogens is 4. The molecule has 3 heterocycles. The van der Waals surface area contributed by atoms with Gasteiger partial charge >= 0.3 is 5.69 Å². The van der Waals surface area contributed by atoms with E-state index in [9.17, 15) is 9.59 Å². The van der Waals surface area contributed by atoms with E-state index in [1.165, 1.54) is 9.13 Å². The standard InChI is InChI=1S/C22H26N6O2/c1-3-4-13-27-18-19(24-21(27)26-12-8-11-17(23)15-26)25(2)22(30)28(20(18)29)14-16-9-6-5-7-10-16/h5-7,9-10,17H,8,11-15,23H2,1-2H3/t17-/m1/s1. The highest BCUT2D eigenvalue weighted by molar-refractivity contribution is 5.75. The minimum atomic E-state index is -0.385. The van der Waals surface area contributed by atoms with Gasteiger partial charge < -0.3 is 10.6 Å². The molecule has 2 N–H and O–H groups in total. The average Bonchev–Trinajstić information content (AvgIpc) is 3.14. The number of fused-ring (bicyclic) bond motifs is 1. The van der Waals surface area contributed by atoms with E-state index >= 15 is 0 Å². The first kappa shape index (κ1) is 20.0. The van der Waals surface area contributed by atoms with Crippen molar-refractivity contribution in [3.05, 3.63) is 56.7 Å². The first-order chi connectivity index (χ1) is 14.5. The Hall–Kier alpha value is -3.31. The molecule has 0 bridgehead atoms. The molecular weight excluding hydrogens is 380 g/mol. The van der Waals surface area contributed by atoms with E-state index in [2.05, 4.69) is 16.7 Å². The van der Waals surface area contributed by atoms with E-state index in [1.54, 1.807) is 14.0 Å². The van der Waals surface area contributed by atoms with Gasteiger partial charge in [-0.1, -0.05) is 36.3 Å². The van der Waals surface area contributed by atoms with E-state index < -0.39 is 0 Å². The number of nitrogens with two attached hydrogens (primary N) is 1. The molecule has 30 heavy (non-hydrogen) atoms. The molecule has 1 atom stereocenters. The lowest BCUT2D eigenvalue weighted by atomic mass is 10.1. The van der Waals surface area contributed by atoms with Crippen molar-refractivity contribution in [3.8, 4) is 11.8 Å². The van der Waals surface area contributed by atoms with E-state index in [1.807, 2.05) is 34.9 Å². The molecule has 0 saturated carbocycles. The molecule has 3 aromatic rings. The van der Waals surface area contributed by atoms with Gasteiger partial charge in [-0.25, -0.2) is 4.79 Å². The second kappa shape index (κ2) is 8.20. The van der Waals surface area contributed by atoms with Gasteiger partial charge in [-0.15, -0.1) is 5.92 Å². The summed E-state index contributed by atoms with van der Waals surface area (Å²) in [5.74, 6) is 6.58. The Morgan fingerprint density at radius 1 is 1.20 bits per heavy atom. The minimum Gasteiger partial charge on any atom is -0.341 e. The summed E-state index contributed by atoms with van der Waals surface area (Å²) in [5.41, 5.74) is 7.09. The van der Waals surface area contributed by atoms with Crippen LogP contribution in [0.3, 0.4) is 0 Å². The molecule has 8 heteroatoms. The van der Waals surface area contributed by atoms with Crippen LogP contribution in [-0.2, 0) is 20.1 Å². The van der Waals surface area contributed by atoms with Crippen molar-refractivity contribution in [1.29, 1.82) is 0 Å². The maximum atomic E-state index is 13.4. The molecule has 1 saturated heterocycles. The molecule has 0 amide bonds. The summed E-state index contributed by atoms with van der Waals surface area (Å²) in [6.07, 6.45) is 1.93. The van der Waals surface area contributed by atoms with Crippen molar-refractivity contribution in [2.45, 2.75) is 38.9 Å². The summed E-state index contributed by atoms with van der Waals surface area (Å²) in [7, 11) is 1.65. The van der Waals surface area contributed by atoms with E-state index in [0.717, 1.165) is 24.9 Å². The summed E-state index contributed by atoms with van der Waals surface area (Å²) in [4.78, 5) is 33.2. The maximum absolute atomic E-state index is 13.4. The van der Waals surface area contributed by atoms with Crippen LogP contribution in [0.2, 0.25) is 0 Å². The molecule has 8 nitrogen and oxygen atoms in total. The van der Waals surface area contributed by atoms with Gasteiger partial charge in [-0.05, 0) is 25.3 Å². The lowest BCUT2D eigenvalue weighted by molar-refractivity contribution is 0.496. The van der Waals surface area contributed by atoms with Crippen molar-refractivity contribution in [1.82, 2.24) is 18.7 Å². The molecule has 2 aromatic heterocycles. The molecule has 0 spiro atoms. The Morgan fingerprint density at radius 2 is 1.97 bits per heavy atom. The quantitative estimate of drug-likeness (QED) is 0.650. The van der Waals surface area contributed by atoms with Crippen LogP contribution in [0.5, 0.6) is 0 Å². The maximum Gasteiger partial charge on any atom is 0.332 e. The zero-order chi connectivity index (χ0) is 21.3. The van der Waals surface area contributed by atoms with Gasteiger partial charge in [0, 0.05) is 26.2 Å². The molecule has 4 rings (SSSR count). The highest BCUT2D eigenvalue weighted by atomic mass is 16.2. The van der Waals surface area contributed by atoms with Gasteiger partial charge in [-0.2, -0.15) is 4.98 Å². The van der Waals surface area contributed by atoms with Crippen LogP contribution in [0.25, 0.3) is 11.2 Å². The SMILES string of the molecule is CC#CCn1c(N2CCC[C@@H](N)C2)nc2c1c(=O)n(Cc1ccccc1)c(=O)n2C. The molecule has 1 aliphatic rings. The predicted molar refractivity (Wildman–Crippen MR) is 118 cm³/mol. The van der Waals surface area contributed by atoms with Gasteiger partial charge in [0.2, 0.25) is 5.95 Å². The Balaban J connectivity index is 1.93. The lowest BCUT2D eigenvalue weighted by Gasteiger charge is -2.31. The smallest absolute Gasteiger partial charge is 0.332 e. The second-order valence-electron chi connectivity index (χ2n) is 7.66. The summed E-state index contributed by atoms with van der Waals surface area (Å²) in [5, 5.41) is 0. The van der Waals surface area contributed by atoms with Gasteiger partial charge in [0.25, 0.3) is 5.56 Å². The van der Waals surface area contributed by atoms with Crippen LogP contribution in [-0.4, -0.2) is 37.8 Å². The van der Waals surface area contributed by atoms with Crippen LogP contribution in [0.1, 0.15) is 25.3 Å². The van der Waals surface area contributed by atoms with Gasteiger partial charge in [0.15, 0.2) is 11.2 Å². The molecule has 1 fully saturated rings. The fraction of sp³-hybridized carbons (Fsp3) is 0.409. The first-order valence-electron chi connectivity index (χ1n) is 10.2. The van der Waals surface area contributed by atoms with Crippen LogP contribution < -0.4 is 21.9 Å². The number of benzene rings is 1. The molecule has 156 valence electrons. The molecule has 0 unspecified atom stereocenters. The normalized spacial score (nSPS) is 16.5. The number of rotatable bonds is 4. The molecular formula is C22H26N6O2. The highest BCUT2D eigenvalue weighted by Gasteiger charge is 2.26. The van der Waals surface area contributed by atoms with E-state index in [-0.39, 0.29) is 23.8 Å². The fourth-order valence-electron chi connectivity index (χ4n) is 4.01. The van der Waals surface area contributed by atoms with Crippen LogP contribution in [0.15, 0.2) is 39.9 Å². The van der Waals surface area contributed by atoms with Crippen molar-refractivity contribution in [2.75, 3.05) is 18.0 Å². The van der Waals surface area contributed by atoms with Crippen LogP contribution in [0.4, 0.5) is 5.95 Å². The topological polar surface area (TPSA) is 91.1 Å². The fourth-order valence-corrected chi connectivity index (χ4v) is 4.01. The first-order valence-corrected chi connectivity index (χ1v) is 10.2. The number of hydrogen-bond acceptors (Lipinski definition) is 5. The summed E-state index contributed by atoms with van der Waals surface area (Å²) in [6.45, 7) is 3.76. The molecule has 0 radical (unpaired) electrons. The van der Waals surface area contributed by atoms with Crippen LogP contribution >= 0.6 is 0 Å². The van der Waals surface area contributed by atoms with Crippen molar-refractivity contribution in [2.24, 2.45) is 12.8 Å². The lowest BCUT2D eigenvalue weighted by Crippen LogP contribution is -2.44. The van der Waals surface area contributed by atoms with Gasteiger partial charge in [0.05, 0.1) is 13.1 Å². The Bertz CT molecular complexity index is 1240. The zero-order valence-electron chi connectivity index (χ0n) is 17.3. The van der Waals surface area contributed by atoms with E-state index in [4.69, 9.17) is 10.7 Å². The Labute approximate surface area is 174 Å². The number of aryl methyl sites for hydroxylation is 1. The van der Waals surface area contributed by atoms with Crippen molar-refractivity contribution in [3.63, 3.8) is 0 Å². The largest absolute Gasteiger partial charge is 0.341 e. The highest BCUT2D eigenvalue weighted by Crippen LogP contribution is 2.22. The second-order valence-corrected chi connectivity index (χ2v) is 7.66. The van der Waals surface area contributed by atoms with Gasteiger partial charge in [-0.3, -0.25) is 18.5 Å². The third kappa shape index (κ3) is 3.53. The summed E-state index contributed by atoms with van der Waals surface area (Å²) < 4.78 is 4.54. The number of nitrogens with zero attached hydrogens (tertiary/aromatic N) is 5. The molecule has 0 aliphatic carbocycles.